The molecule has 4 aromatic rings. The second kappa shape index (κ2) is 11.6. The van der Waals surface area contributed by atoms with Gasteiger partial charge >= 0.3 is 6.09 Å². The molecular formula is C27H37N9O2. The first-order valence-electron chi connectivity index (χ1n) is 13.2. The van der Waals surface area contributed by atoms with Crippen molar-refractivity contribution < 1.29 is 9.53 Å². The fourth-order valence-corrected chi connectivity index (χ4v) is 4.19. The molecule has 1 amide bonds. The summed E-state index contributed by atoms with van der Waals surface area (Å²) in [6, 6.07) is 2.00. The predicted molar refractivity (Wildman–Crippen MR) is 147 cm³/mol. The first-order valence-corrected chi connectivity index (χ1v) is 13.2. The van der Waals surface area contributed by atoms with Crippen molar-refractivity contribution in [2.45, 2.75) is 60.1 Å². The third kappa shape index (κ3) is 6.09. The number of carbonyl (C=O) groups excluding carboxylic acids is 1. The molecule has 0 bridgehead atoms. The first kappa shape index (κ1) is 27.0. The van der Waals surface area contributed by atoms with Crippen LogP contribution >= 0.6 is 0 Å². The molecule has 0 saturated carbocycles. The van der Waals surface area contributed by atoms with Gasteiger partial charge < -0.3 is 14.5 Å². The Morgan fingerprint density at radius 2 is 1.76 bits per heavy atom. The van der Waals surface area contributed by atoms with Crippen molar-refractivity contribution in [1.29, 1.82) is 0 Å². The van der Waals surface area contributed by atoms with Gasteiger partial charge in [-0.15, -0.1) is 0 Å². The highest BCUT2D eigenvalue weighted by Crippen LogP contribution is 2.24. The monoisotopic (exact) mass is 519 g/mol. The largest absolute Gasteiger partial charge is 0.444 e. The van der Waals surface area contributed by atoms with E-state index in [1.807, 2.05) is 70.9 Å². The zero-order valence-corrected chi connectivity index (χ0v) is 23.1. The molecule has 1 aliphatic heterocycles. The van der Waals surface area contributed by atoms with E-state index >= 15 is 0 Å². The normalized spacial score (nSPS) is 14.2. The van der Waals surface area contributed by atoms with E-state index in [0.717, 1.165) is 47.5 Å². The first-order chi connectivity index (χ1) is 18.3. The third-order valence-corrected chi connectivity index (χ3v) is 6.00. The van der Waals surface area contributed by atoms with Gasteiger partial charge in [0.05, 0.1) is 36.0 Å². The van der Waals surface area contributed by atoms with Crippen LogP contribution in [0.3, 0.4) is 0 Å². The van der Waals surface area contributed by atoms with Crippen molar-refractivity contribution in [1.82, 2.24) is 39.4 Å². The number of amides is 1. The molecule has 38 heavy (non-hydrogen) atoms. The van der Waals surface area contributed by atoms with Crippen LogP contribution in [0.1, 0.15) is 48.0 Å². The van der Waals surface area contributed by atoms with Gasteiger partial charge in [0, 0.05) is 56.1 Å². The van der Waals surface area contributed by atoms with E-state index in [9.17, 15) is 4.79 Å². The second-order valence-electron chi connectivity index (χ2n) is 9.81. The number of aryl methyl sites for hydroxylation is 1. The predicted octanol–water partition coefficient (Wildman–Crippen LogP) is 4.57. The molecule has 0 unspecified atom stereocenters. The lowest BCUT2D eigenvalue weighted by atomic mass is 10.2. The number of ether oxygens (including phenoxy) is 1. The zero-order chi connectivity index (χ0) is 27.3. The third-order valence-electron chi connectivity index (χ3n) is 6.00. The van der Waals surface area contributed by atoms with Gasteiger partial charge in [-0.25, -0.2) is 14.5 Å². The van der Waals surface area contributed by atoms with Gasteiger partial charge in [0.25, 0.3) is 0 Å². The molecule has 0 aliphatic carbocycles. The topological polar surface area (TPSA) is 107 Å². The Labute approximate surface area is 223 Å². The Hall–Kier alpha value is -4.02. The Morgan fingerprint density at radius 3 is 2.50 bits per heavy atom. The average Bonchev–Trinajstić information content (AvgIpc) is 3.49. The highest BCUT2D eigenvalue weighted by molar-refractivity contribution is 5.83. The molecule has 0 radical (unpaired) electrons. The fourth-order valence-electron chi connectivity index (χ4n) is 4.19. The van der Waals surface area contributed by atoms with Crippen LogP contribution in [0.15, 0.2) is 43.2 Å². The minimum atomic E-state index is -0.513. The molecule has 0 N–H and O–H groups in total. The number of pyridine rings is 1. The Kier molecular flexibility index (Phi) is 8.23. The van der Waals surface area contributed by atoms with Gasteiger partial charge in [-0.1, -0.05) is 13.8 Å². The molecule has 5 rings (SSSR count). The number of aromatic nitrogens is 7. The fraction of sp³-hybridized carbons (Fsp3) is 0.481. The van der Waals surface area contributed by atoms with Gasteiger partial charge in [-0.3, -0.25) is 14.6 Å². The Bertz CT molecular complexity index is 1370. The highest BCUT2D eigenvalue weighted by Gasteiger charge is 2.25. The van der Waals surface area contributed by atoms with Crippen LogP contribution in [-0.4, -0.2) is 77.3 Å². The minimum absolute atomic E-state index is 0.277. The molecule has 1 saturated heterocycles. The molecule has 1 fully saturated rings. The number of hydrogen-bond acceptors (Lipinski definition) is 8. The lowest BCUT2D eigenvalue weighted by molar-refractivity contribution is 0.0263. The van der Waals surface area contributed by atoms with Gasteiger partial charge in [-0.05, 0) is 40.2 Å². The van der Waals surface area contributed by atoms with Crippen LogP contribution in [0, 0.1) is 0 Å². The van der Waals surface area contributed by atoms with E-state index in [0.29, 0.717) is 25.5 Å². The quantitative estimate of drug-likeness (QED) is 0.386. The van der Waals surface area contributed by atoms with Crippen LogP contribution in [0.25, 0.3) is 28.0 Å². The average molecular weight is 520 g/mol. The van der Waals surface area contributed by atoms with E-state index in [2.05, 4.69) is 25.1 Å². The molecule has 202 valence electrons. The number of anilines is 1. The SMILES string of the molecule is CC.CCn1cc(-c2cc3c(cn2)cnn3-c2cncc(N3CCCN(C(=O)OC(C)(C)C)CC3)n2)cn1. The molecular weight excluding hydrogens is 482 g/mol. The summed E-state index contributed by atoms with van der Waals surface area (Å²) in [5.74, 6) is 1.37. The lowest BCUT2D eigenvalue weighted by Crippen LogP contribution is -2.39. The minimum Gasteiger partial charge on any atom is -0.444 e. The molecule has 1 aliphatic rings. The molecule has 4 aromatic heterocycles. The summed E-state index contributed by atoms with van der Waals surface area (Å²) in [6.07, 6.45) is 11.4. The molecule has 11 nitrogen and oxygen atoms in total. The van der Waals surface area contributed by atoms with E-state index in [4.69, 9.17) is 9.72 Å². The van der Waals surface area contributed by atoms with Crippen LogP contribution in [-0.2, 0) is 11.3 Å². The van der Waals surface area contributed by atoms with Gasteiger partial charge in [0.15, 0.2) is 5.82 Å². The van der Waals surface area contributed by atoms with Crippen LogP contribution < -0.4 is 4.90 Å². The van der Waals surface area contributed by atoms with Crippen molar-refractivity contribution in [2.75, 3.05) is 31.1 Å². The lowest BCUT2D eigenvalue weighted by Gasteiger charge is -2.26. The molecule has 0 aromatic carbocycles. The Balaban J connectivity index is 0.00000164. The maximum Gasteiger partial charge on any atom is 0.410 e. The van der Waals surface area contributed by atoms with Crippen LogP contribution in [0.4, 0.5) is 10.6 Å². The summed E-state index contributed by atoms with van der Waals surface area (Å²) in [7, 11) is 0. The zero-order valence-electron chi connectivity index (χ0n) is 23.1. The smallest absolute Gasteiger partial charge is 0.410 e. The summed E-state index contributed by atoms with van der Waals surface area (Å²) < 4.78 is 9.21. The van der Waals surface area contributed by atoms with Gasteiger partial charge in [-0.2, -0.15) is 10.2 Å². The standard InChI is InChI=1S/C25H31N9O2.C2H6/c1-5-33-17-19(14-28-33)20-11-21-18(12-27-20)13-29-34(21)23-16-26-15-22(30-23)31-7-6-8-32(10-9-31)24(35)36-25(2,3)4;1-2/h11-17H,5-10H2,1-4H3;1-2H3. The van der Waals surface area contributed by atoms with Gasteiger partial charge in [0.1, 0.15) is 11.4 Å². The summed E-state index contributed by atoms with van der Waals surface area (Å²) in [6.45, 7) is 15.1. The summed E-state index contributed by atoms with van der Waals surface area (Å²) in [4.78, 5) is 30.3. The van der Waals surface area contributed by atoms with E-state index in [1.54, 1.807) is 28.2 Å². The van der Waals surface area contributed by atoms with Crippen molar-refractivity contribution in [2.24, 2.45) is 0 Å². The summed E-state index contributed by atoms with van der Waals surface area (Å²) in [5.41, 5.74) is 2.15. The van der Waals surface area contributed by atoms with Crippen molar-refractivity contribution >= 4 is 22.8 Å². The highest BCUT2D eigenvalue weighted by atomic mass is 16.6. The number of rotatable bonds is 4. The number of carbonyl (C=O) groups is 1. The maximum atomic E-state index is 12.5. The van der Waals surface area contributed by atoms with Crippen LogP contribution in [0.5, 0.6) is 0 Å². The van der Waals surface area contributed by atoms with Crippen molar-refractivity contribution in [3.8, 4) is 17.1 Å². The molecule has 5 heterocycles. The summed E-state index contributed by atoms with van der Waals surface area (Å²) in [5, 5.41) is 9.83. The van der Waals surface area contributed by atoms with Crippen molar-refractivity contribution in [3.63, 3.8) is 0 Å². The maximum absolute atomic E-state index is 12.5. The van der Waals surface area contributed by atoms with E-state index in [1.165, 1.54) is 0 Å². The van der Waals surface area contributed by atoms with Crippen molar-refractivity contribution in [3.05, 3.63) is 43.2 Å². The molecule has 0 spiro atoms. The van der Waals surface area contributed by atoms with Gasteiger partial charge in [0.2, 0.25) is 0 Å². The number of fused-ring (bicyclic) bond motifs is 1. The molecule has 0 atom stereocenters. The van der Waals surface area contributed by atoms with E-state index in [-0.39, 0.29) is 6.09 Å². The summed E-state index contributed by atoms with van der Waals surface area (Å²) >= 11 is 0. The Morgan fingerprint density at radius 1 is 0.974 bits per heavy atom. The second-order valence-corrected chi connectivity index (χ2v) is 9.81. The van der Waals surface area contributed by atoms with E-state index < -0.39 is 5.60 Å². The van der Waals surface area contributed by atoms with Crippen LogP contribution in [0.2, 0.25) is 0 Å². The number of nitrogens with zero attached hydrogens (tertiary/aromatic N) is 9. The number of hydrogen-bond donors (Lipinski definition) is 0. The molecule has 11 heteroatoms.